The molecule has 0 spiro atoms. The molecule has 0 bridgehead atoms. The van der Waals surface area contributed by atoms with Crippen LogP contribution in [0.5, 0.6) is 5.75 Å². The topological polar surface area (TPSA) is 68.6 Å². The lowest BCUT2D eigenvalue weighted by Gasteiger charge is -2.27. The second-order valence-electron chi connectivity index (χ2n) is 6.49. The van der Waals surface area contributed by atoms with E-state index in [0.717, 1.165) is 37.2 Å². The molecular formula is C19H26N4O3. The third kappa shape index (κ3) is 4.54. The van der Waals surface area contributed by atoms with E-state index >= 15 is 0 Å². The molecule has 0 saturated carbocycles. The maximum Gasteiger partial charge on any atom is 0.322 e. The normalized spacial score (nSPS) is 16.9. The monoisotopic (exact) mass is 358 g/mol. The second-order valence-corrected chi connectivity index (χ2v) is 6.49. The van der Waals surface area contributed by atoms with Crippen molar-refractivity contribution in [2.45, 2.75) is 31.9 Å². The zero-order chi connectivity index (χ0) is 18.4. The number of urea groups is 1. The van der Waals surface area contributed by atoms with Gasteiger partial charge in [-0.1, -0.05) is 18.2 Å². The Morgan fingerprint density at radius 2 is 2.23 bits per heavy atom. The number of ether oxygens (including phenoxy) is 2. The van der Waals surface area contributed by atoms with Crippen molar-refractivity contribution >= 4 is 11.8 Å². The number of methoxy groups -OCH3 is 1. The van der Waals surface area contributed by atoms with Gasteiger partial charge in [0, 0.05) is 31.8 Å². The van der Waals surface area contributed by atoms with Gasteiger partial charge in [-0.25, -0.2) is 9.48 Å². The first-order chi connectivity index (χ1) is 12.7. The average molecular weight is 358 g/mol. The Bertz CT molecular complexity index is 725. The fraction of sp³-hybridized carbons (Fsp3) is 0.474. The Balaban J connectivity index is 1.61. The van der Waals surface area contributed by atoms with Gasteiger partial charge in [-0.3, -0.25) is 5.32 Å². The molecule has 0 aliphatic carbocycles. The molecule has 2 aromatic rings. The lowest BCUT2D eigenvalue weighted by molar-refractivity contribution is 0.00463. The number of hydrogen-bond donors (Lipinski definition) is 1. The van der Waals surface area contributed by atoms with Crippen molar-refractivity contribution in [3.8, 4) is 5.75 Å². The highest BCUT2D eigenvalue weighted by atomic mass is 16.5. The van der Waals surface area contributed by atoms with Gasteiger partial charge in [0.2, 0.25) is 0 Å². The van der Waals surface area contributed by atoms with E-state index in [9.17, 15) is 4.79 Å². The zero-order valence-electron chi connectivity index (χ0n) is 15.4. The van der Waals surface area contributed by atoms with Crippen LogP contribution in [0.3, 0.4) is 0 Å². The Morgan fingerprint density at radius 3 is 3.00 bits per heavy atom. The molecule has 1 aromatic carbocycles. The minimum atomic E-state index is -0.166. The molecule has 7 heteroatoms. The summed E-state index contributed by atoms with van der Waals surface area (Å²) in [7, 11) is 3.43. The third-order valence-electron chi connectivity index (χ3n) is 4.56. The van der Waals surface area contributed by atoms with Gasteiger partial charge in [0.05, 0.1) is 26.0 Å². The summed E-state index contributed by atoms with van der Waals surface area (Å²) in [5.74, 6) is 1.45. The summed E-state index contributed by atoms with van der Waals surface area (Å²) in [6, 6.07) is 9.40. The highest BCUT2D eigenvalue weighted by Gasteiger charge is 2.19. The number of benzene rings is 1. The van der Waals surface area contributed by atoms with Crippen LogP contribution < -0.4 is 10.1 Å². The molecule has 1 atom stereocenters. The second kappa shape index (κ2) is 8.71. The molecule has 140 valence electrons. The van der Waals surface area contributed by atoms with Crippen LogP contribution in [0.25, 0.3) is 0 Å². The predicted molar refractivity (Wildman–Crippen MR) is 99.6 cm³/mol. The molecule has 1 aromatic heterocycles. The fourth-order valence-electron chi connectivity index (χ4n) is 3.10. The molecule has 7 nitrogen and oxygen atoms in total. The zero-order valence-corrected chi connectivity index (χ0v) is 15.4. The van der Waals surface area contributed by atoms with E-state index in [1.165, 1.54) is 0 Å². The van der Waals surface area contributed by atoms with E-state index in [4.69, 9.17) is 9.47 Å². The standard InChI is InChI=1S/C19H26N4O3/c1-22(14-16-8-5-6-12-26-16)19(24)21-18-10-11-20-23(18)13-15-7-3-4-9-17(15)25-2/h3-4,7,9-11,16H,5-6,8,12-14H2,1-2H3,(H,21,24)/t16-/m1/s1. The SMILES string of the molecule is COc1ccccc1Cn1nccc1NC(=O)N(C)C[C@H]1CCCCO1. The van der Waals surface area contributed by atoms with Crippen LogP contribution in [0.15, 0.2) is 36.5 Å². The van der Waals surface area contributed by atoms with Crippen LogP contribution >= 0.6 is 0 Å². The third-order valence-corrected chi connectivity index (χ3v) is 4.56. The number of carbonyl (C=O) groups is 1. The van der Waals surface area contributed by atoms with Crippen molar-refractivity contribution in [3.05, 3.63) is 42.1 Å². The summed E-state index contributed by atoms with van der Waals surface area (Å²) in [5, 5.41) is 7.25. The molecule has 1 fully saturated rings. The summed E-state index contributed by atoms with van der Waals surface area (Å²) in [4.78, 5) is 14.2. The first-order valence-electron chi connectivity index (χ1n) is 8.95. The van der Waals surface area contributed by atoms with E-state index < -0.39 is 0 Å². The van der Waals surface area contributed by atoms with E-state index in [1.54, 1.807) is 36.0 Å². The van der Waals surface area contributed by atoms with E-state index in [2.05, 4.69) is 10.4 Å². The molecule has 26 heavy (non-hydrogen) atoms. The van der Waals surface area contributed by atoms with Crippen molar-refractivity contribution in [2.75, 3.05) is 32.6 Å². The Morgan fingerprint density at radius 1 is 1.38 bits per heavy atom. The van der Waals surface area contributed by atoms with Gasteiger partial charge in [0.15, 0.2) is 0 Å². The first kappa shape index (κ1) is 18.3. The summed E-state index contributed by atoms with van der Waals surface area (Å²) in [6.07, 6.45) is 5.07. The Kier molecular flexibility index (Phi) is 6.12. The van der Waals surface area contributed by atoms with E-state index in [1.807, 2.05) is 24.3 Å². The van der Waals surface area contributed by atoms with Gasteiger partial charge in [-0.15, -0.1) is 0 Å². The lowest BCUT2D eigenvalue weighted by atomic mass is 10.1. The molecule has 1 N–H and O–H groups in total. The van der Waals surface area contributed by atoms with Crippen molar-refractivity contribution in [1.29, 1.82) is 0 Å². The van der Waals surface area contributed by atoms with E-state index in [-0.39, 0.29) is 12.1 Å². The summed E-state index contributed by atoms with van der Waals surface area (Å²) < 4.78 is 12.8. The Hall–Kier alpha value is -2.54. The highest BCUT2D eigenvalue weighted by Crippen LogP contribution is 2.20. The molecule has 1 aliphatic heterocycles. The number of likely N-dealkylation sites (N-methyl/N-ethyl adjacent to an activating group) is 1. The highest BCUT2D eigenvalue weighted by molar-refractivity contribution is 5.88. The van der Waals surface area contributed by atoms with Crippen LogP contribution in [-0.2, 0) is 11.3 Å². The number of para-hydroxylation sites is 1. The quantitative estimate of drug-likeness (QED) is 0.862. The Labute approximate surface area is 153 Å². The molecule has 2 amide bonds. The smallest absolute Gasteiger partial charge is 0.322 e. The van der Waals surface area contributed by atoms with Crippen LogP contribution in [-0.4, -0.2) is 54.1 Å². The summed E-state index contributed by atoms with van der Waals surface area (Å²) in [6.45, 7) is 1.89. The minimum absolute atomic E-state index is 0.123. The number of rotatable bonds is 6. The largest absolute Gasteiger partial charge is 0.496 e. The average Bonchev–Trinajstić information content (AvgIpc) is 3.09. The maximum absolute atomic E-state index is 12.5. The van der Waals surface area contributed by atoms with Crippen molar-refractivity contribution in [3.63, 3.8) is 0 Å². The van der Waals surface area contributed by atoms with Crippen LogP contribution in [0.4, 0.5) is 10.6 Å². The molecule has 0 unspecified atom stereocenters. The number of anilines is 1. The molecule has 1 aliphatic rings. The van der Waals surface area contributed by atoms with Crippen molar-refractivity contribution in [2.24, 2.45) is 0 Å². The molecule has 2 heterocycles. The summed E-state index contributed by atoms with van der Waals surface area (Å²) in [5.41, 5.74) is 0.998. The van der Waals surface area contributed by atoms with Gasteiger partial charge < -0.3 is 14.4 Å². The molecule has 0 radical (unpaired) electrons. The molecule has 1 saturated heterocycles. The minimum Gasteiger partial charge on any atom is -0.496 e. The first-order valence-corrected chi connectivity index (χ1v) is 8.95. The number of nitrogens with one attached hydrogen (secondary N) is 1. The number of carbonyl (C=O) groups excluding carboxylic acids is 1. The lowest BCUT2D eigenvalue weighted by Crippen LogP contribution is -2.39. The van der Waals surface area contributed by atoms with Crippen LogP contribution in [0.2, 0.25) is 0 Å². The maximum atomic E-state index is 12.5. The van der Waals surface area contributed by atoms with Gasteiger partial charge >= 0.3 is 6.03 Å². The number of hydrogen-bond acceptors (Lipinski definition) is 4. The summed E-state index contributed by atoms with van der Waals surface area (Å²) >= 11 is 0. The van der Waals surface area contributed by atoms with Crippen molar-refractivity contribution < 1.29 is 14.3 Å². The van der Waals surface area contributed by atoms with Gasteiger partial charge in [-0.2, -0.15) is 5.10 Å². The van der Waals surface area contributed by atoms with Gasteiger partial charge in [0.25, 0.3) is 0 Å². The fourth-order valence-corrected chi connectivity index (χ4v) is 3.10. The van der Waals surface area contributed by atoms with Gasteiger partial charge in [-0.05, 0) is 25.3 Å². The molecular weight excluding hydrogens is 332 g/mol. The van der Waals surface area contributed by atoms with E-state index in [0.29, 0.717) is 18.9 Å². The molecule has 3 rings (SSSR count). The number of aromatic nitrogens is 2. The van der Waals surface area contributed by atoms with Crippen LogP contribution in [0, 0.1) is 0 Å². The predicted octanol–water partition coefficient (Wildman–Crippen LogP) is 2.97. The van der Waals surface area contributed by atoms with Crippen LogP contribution in [0.1, 0.15) is 24.8 Å². The number of amides is 2. The number of nitrogens with zero attached hydrogens (tertiary/aromatic N) is 3. The van der Waals surface area contributed by atoms with Crippen molar-refractivity contribution in [1.82, 2.24) is 14.7 Å². The van der Waals surface area contributed by atoms with Gasteiger partial charge in [0.1, 0.15) is 11.6 Å².